The lowest BCUT2D eigenvalue weighted by Crippen LogP contribution is -2.18. The first-order valence-corrected chi connectivity index (χ1v) is 6.59. The third-order valence-corrected chi connectivity index (χ3v) is 3.36. The van der Waals surface area contributed by atoms with E-state index in [4.69, 9.17) is 4.74 Å². The van der Waals surface area contributed by atoms with Gasteiger partial charge >= 0.3 is 6.18 Å². The molecule has 0 atom stereocenters. The number of alkyl halides is 3. The summed E-state index contributed by atoms with van der Waals surface area (Å²) in [5.74, 6) is 0.271. The number of ether oxygens (including phenoxy) is 1. The summed E-state index contributed by atoms with van der Waals surface area (Å²) in [6, 6.07) is 11.6. The molecule has 0 unspecified atom stereocenters. The molecule has 2 aromatic rings. The molecule has 0 radical (unpaired) electrons. The Morgan fingerprint density at radius 1 is 1.05 bits per heavy atom. The van der Waals surface area contributed by atoms with Crippen LogP contribution in [0, 0.1) is 0 Å². The minimum absolute atomic E-state index is 0.0477. The number of ketones is 1. The maximum atomic E-state index is 12.7. The van der Waals surface area contributed by atoms with Crippen LogP contribution in [-0.2, 0) is 6.18 Å². The van der Waals surface area contributed by atoms with Crippen LogP contribution >= 0.6 is 0 Å². The second kappa shape index (κ2) is 5.33. The SMILES string of the molecule is O=C1C(=Cc2cccc(C(F)(F)F)c2)COc2ccccc21. The van der Waals surface area contributed by atoms with Crippen LogP contribution in [0.3, 0.4) is 0 Å². The molecule has 0 N–H and O–H groups in total. The van der Waals surface area contributed by atoms with Gasteiger partial charge in [-0.2, -0.15) is 13.2 Å². The van der Waals surface area contributed by atoms with Crippen LogP contribution in [0.1, 0.15) is 21.5 Å². The van der Waals surface area contributed by atoms with E-state index in [0.717, 1.165) is 12.1 Å². The zero-order valence-corrected chi connectivity index (χ0v) is 11.4. The quantitative estimate of drug-likeness (QED) is 0.732. The van der Waals surface area contributed by atoms with Gasteiger partial charge in [-0.15, -0.1) is 0 Å². The fraction of sp³-hybridized carbons (Fsp3) is 0.118. The van der Waals surface area contributed by atoms with Gasteiger partial charge in [0.05, 0.1) is 11.1 Å². The first-order valence-electron chi connectivity index (χ1n) is 6.59. The lowest BCUT2D eigenvalue weighted by atomic mass is 9.98. The molecule has 0 amide bonds. The molecule has 1 heterocycles. The van der Waals surface area contributed by atoms with Gasteiger partial charge in [0.2, 0.25) is 0 Å². The molecular weight excluding hydrogens is 293 g/mol. The van der Waals surface area contributed by atoms with E-state index < -0.39 is 11.7 Å². The van der Waals surface area contributed by atoms with Gasteiger partial charge in [0.1, 0.15) is 12.4 Å². The predicted molar refractivity (Wildman–Crippen MR) is 75.7 cm³/mol. The van der Waals surface area contributed by atoms with Gasteiger partial charge in [-0.1, -0.05) is 24.3 Å². The Bertz CT molecular complexity index is 760. The van der Waals surface area contributed by atoms with Crippen LogP contribution in [0.4, 0.5) is 13.2 Å². The summed E-state index contributed by atoms with van der Waals surface area (Å²) in [7, 11) is 0. The molecule has 0 saturated heterocycles. The Morgan fingerprint density at radius 3 is 2.59 bits per heavy atom. The molecule has 1 aliphatic rings. The molecule has 0 saturated carbocycles. The minimum atomic E-state index is -4.41. The van der Waals surface area contributed by atoms with Crippen LogP contribution in [-0.4, -0.2) is 12.4 Å². The van der Waals surface area contributed by atoms with Gasteiger partial charge < -0.3 is 4.74 Å². The third-order valence-electron chi connectivity index (χ3n) is 3.36. The smallest absolute Gasteiger partial charge is 0.416 e. The van der Waals surface area contributed by atoms with E-state index in [9.17, 15) is 18.0 Å². The molecule has 2 nitrogen and oxygen atoms in total. The standard InChI is InChI=1S/C17H11F3O2/c18-17(19,20)13-5-3-4-11(9-13)8-12-10-22-15-7-2-1-6-14(15)16(12)21/h1-9H,10H2. The third kappa shape index (κ3) is 2.74. The van der Waals surface area contributed by atoms with Gasteiger partial charge in [-0.05, 0) is 35.9 Å². The lowest BCUT2D eigenvalue weighted by Gasteiger charge is -2.18. The molecule has 0 spiro atoms. The van der Waals surface area contributed by atoms with Gasteiger partial charge in [0.25, 0.3) is 0 Å². The molecule has 2 aromatic carbocycles. The molecule has 0 fully saturated rings. The number of fused-ring (bicyclic) bond motifs is 1. The molecular formula is C17H11F3O2. The van der Waals surface area contributed by atoms with Gasteiger partial charge in [0.15, 0.2) is 5.78 Å². The highest BCUT2D eigenvalue weighted by molar-refractivity contribution is 6.14. The van der Waals surface area contributed by atoms with Crippen LogP contribution < -0.4 is 4.74 Å². The average molecular weight is 304 g/mol. The number of hydrogen-bond acceptors (Lipinski definition) is 2. The summed E-state index contributed by atoms with van der Waals surface area (Å²) in [6.07, 6.45) is -2.97. The van der Waals surface area contributed by atoms with Crippen molar-refractivity contribution >= 4 is 11.9 Å². The topological polar surface area (TPSA) is 26.3 Å². The van der Waals surface area contributed by atoms with Crippen molar-refractivity contribution in [1.29, 1.82) is 0 Å². The molecule has 1 aliphatic heterocycles. The zero-order chi connectivity index (χ0) is 15.7. The number of halogens is 3. The van der Waals surface area contributed by atoms with E-state index in [-0.39, 0.29) is 12.4 Å². The Labute approximate surface area is 124 Å². The highest BCUT2D eigenvalue weighted by Crippen LogP contribution is 2.31. The Kier molecular flexibility index (Phi) is 3.48. The number of carbonyl (C=O) groups is 1. The monoisotopic (exact) mass is 304 g/mol. The molecule has 0 aliphatic carbocycles. The number of carbonyl (C=O) groups excluding carboxylic acids is 1. The second-order valence-electron chi connectivity index (χ2n) is 4.91. The Morgan fingerprint density at radius 2 is 1.82 bits per heavy atom. The van der Waals surface area contributed by atoms with E-state index in [2.05, 4.69) is 0 Å². The minimum Gasteiger partial charge on any atom is -0.488 e. The second-order valence-corrected chi connectivity index (χ2v) is 4.91. The first kappa shape index (κ1) is 14.4. The van der Waals surface area contributed by atoms with Crippen molar-refractivity contribution in [3.8, 4) is 5.75 Å². The highest BCUT2D eigenvalue weighted by atomic mass is 19.4. The highest BCUT2D eigenvalue weighted by Gasteiger charge is 2.30. The van der Waals surface area contributed by atoms with E-state index in [1.807, 2.05) is 0 Å². The van der Waals surface area contributed by atoms with Crippen molar-refractivity contribution in [2.24, 2.45) is 0 Å². The average Bonchev–Trinajstić information content (AvgIpc) is 2.50. The van der Waals surface area contributed by atoms with Crippen molar-refractivity contribution in [3.63, 3.8) is 0 Å². The fourth-order valence-electron chi connectivity index (χ4n) is 2.29. The summed E-state index contributed by atoms with van der Waals surface area (Å²) in [4.78, 5) is 12.3. The van der Waals surface area contributed by atoms with Crippen molar-refractivity contribution in [2.75, 3.05) is 6.61 Å². The number of Topliss-reactive ketones (excluding diaryl/α,β-unsaturated/α-hetero) is 1. The van der Waals surface area contributed by atoms with E-state index >= 15 is 0 Å². The maximum Gasteiger partial charge on any atom is 0.416 e. The number of benzene rings is 2. The summed E-state index contributed by atoms with van der Waals surface area (Å²) >= 11 is 0. The molecule has 5 heteroatoms. The van der Waals surface area contributed by atoms with E-state index in [1.54, 1.807) is 24.3 Å². The van der Waals surface area contributed by atoms with Gasteiger partial charge in [-0.25, -0.2) is 0 Å². The number of rotatable bonds is 1. The van der Waals surface area contributed by atoms with Crippen LogP contribution in [0.15, 0.2) is 54.1 Å². The van der Waals surface area contributed by atoms with Crippen molar-refractivity contribution in [1.82, 2.24) is 0 Å². The zero-order valence-electron chi connectivity index (χ0n) is 11.4. The molecule has 0 bridgehead atoms. The normalized spacial score (nSPS) is 16.3. The van der Waals surface area contributed by atoms with Crippen LogP contribution in [0.5, 0.6) is 5.75 Å². The van der Waals surface area contributed by atoms with E-state index in [0.29, 0.717) is 22.4 Å². The summed E-state index contributed by atoms with van der Waals surface area (Å²) in [5.41, 5.74) is 0.331. The largest absolute Gasteiger partial charge is 0.488 e. The number of para-hydroxylation sites is 1. The van der Waals surface area contributed by atoms with Crippen LogP contribution in [0.25, 0.3) is 6.08 Å². The molecule has 112 valence electrons. The molecule has 0 aromatic heterocycles. The van der Waals surface area contributed by atoms with Crippen molar-refractivity contribution < 1.29 is 22.7 Å². The fourth-order valence-corrected chi connectivity index (χ4v) is 2.29. The van der Waals surface area contributed by atoms with Crippen LogP contribution in [0.2, 0.25) is 0 Å². The van der Waals surface area contributed by atoms with Gasteiger partial charge in [-0.3, -0.25) is 4.79 Å². The Hall–Kier alpha value is -2.56. The predicted octanol–water partition coefficient (Wildman–Crippen LogP) is 4.36. The summed E-state index contributed by atoms with van der Waals surface area (Å²) in [5, 5.41) is 0. The Balaban J connectivity index is 1.96. The van der Waals surface area contributed by atoms with Crippen molar-refractivity contribution in [3.05, 3.63) is 70.8 Å². The lowest BCUT2D eigenvalue weighted by molar-refractivity contribution is -0.137. The summed E-state index contributed by atoms with van der Waals surface area (Å²) in [6.45, 7) is 0.0477. The molecule has 22 heavy (non-hydrogen) atoms. The van der Waals surface area contributed by atoms with Crippen molar-refractivity contribution in [2.45, 2.75) is 6.18 Å². The van der Waals surface area contributed by atoms with Gasteiger partial charge in [0, 0.05) is 5.57 Å². The van der Waals surface area contributed by atoms with E-state index in [1.165, 1.54) is 18.2 Å². The maximum absolute atomic E-state index is 12.7. The number of hydrogen-bond donors (Lipinski definition) is 0. The summed E-state index contributed by atoms with van der Waals surface area (Å²) < 4.78 is 43.6. The molecule has 3 rings (SSSR count). The first-order chi connectivity index (χ1) is 10.4.